The molecule has 0 fully saturated rings. The van der Waals surface area contributed by atoms with Crippen molar-refractivity contribution in [2.45, 2.75) is 26.9 Å². The first kappa shape index (κ1) is 13.1. The van der Waals surface area contributed by atoms with Crippen LogP contribution in [0.5, 0.6) is 5.88 Å². The second-order valence-electron chi connectivity index (χ2n) is 4.25. The number of aromatic nitrogens is 1. The summed E-state index contributed by atoms with van der Waals surface area (Å²) in [5.41, 5.74) is 2.57. The van der Waals surface area contributed by atoms with E-state index >= 15 is 0 Å². The van der Waals surface area contributed by atoms with E-state index in [1.54, 1.807) is 13.3 Å². The van der Waals surface area contributed by atoms with Gasteiger partial charge in [-0.1, -0.05) is 0 Å². The van der Waals surface area contributed by atoms with E-state index in [-0.39, 0.29) is 0 Å². The largest absolute Gasteiger partial charge is 0.481 e. The number of aryl methyl sites for hydroxylation is 2. The Morgan fingerprint density at radius 3 is 2.78 bits per heavy atom. The molecule has 0 aliphatic carbocycles. The normalized spacial score (nSPS) is 10.6. The third-order valence-electron chi connectivity index (χ3n) is 2.80. The molecule has 4 heteroatoms. The maximum Gasteiger partial charge on any atom is 0.213 e. The zero-order valence-corrected chi connectivity index (χ0v) is 11.8. The summed E-state index contributed by atoms with van der Waals surface area (Å²) >= 11 is 1.85. The van der Waals surface area contributed by atoms with Gasteiger partial charge in [0.05, 0.1) is 7.11 Å². The Balaban J connectivity index is 1.90. The Hall–Kier alpha value is -1.39. The van der Waals surface area contributed by atoms with Gasteiger partial charge in [0.15, 0.2) is 0 Å². The third kappa shape index (κ3) is 3.31. The van der Waals surface area contributed by atoms with Gasteiger partial charge in [-0.2, -0.15) is 0 Å². The highest BCUT2D eigenvalue weighted by atomic mass is 32.1. The van der Waals surface area contributed by atoms with E-state index in [4.69, 9.17) is 4.74 Å². The molecule has 3 nitrogen and oxygen atoms in total. The van der Waals surface area contributed by atoms with Crippen LogP contribution in [0.2, 0.25) is 0 Å². The van der Waals surface area contributed by atoms with Gasteiger partial charge in [-0.3, -0.25) is 0 Å². The fourth-order valence-corrected chi connectivity index (χ4v) is 2.82. The van der Waals surface area contributed by atoms with Crippen LogP contribution < -0.4 is 10.1 Å². The number of ether oxygens (including phenoxy) is 1. The highest BCUT2D eigenvalue weighted by molar-refractivity contribution is 7.12. The van der Waals surface area contributed by atoms with E-state index < -0.39 is 0 Å². The number of nitrogens with zero attached hydrogens (tertiary/aromatic N) is 1. The van der Waals surface area contributed by atoms with Crippen molar-refractivity contribution in [3.8, 4) is 5.88 Å². The lowest BCUT2D eigenvalue weighted by Gasteiger charge is -2.06. The lowest BCUT2D eigenvalue weighted by molar-refractivity contribution is 0.397. The van der Waals surface area contributed by atoms with Gasteiger partial charge < -0.3 is 10.1 Å². The van der Waals surface area contributed by atoms with Crippen molar-refractivity contribution in [2.24, 2.45) is 0 Å². The lowest BCUT2D eigenvalue weighted by atomic mass is 10.2. The maximum absolute atomic E-state index is 5.10. The van der Waals surface area contributed by atoms with Crippen molar-refractivity contribution < 1.29 is 4.74 Å². The van der Waals surface area contributed by atoms with E-state index in [1.165, 1.54) is 20.9 Å². The predicted octanol–water partition coefficient (Wildman–Crippen LogP) is 3.06. The minimum Gasteiger partial charge on any atom is -0.481 e. The summed E-state index contributed by atoms with van der Waals surface area (Å²) < 4.78 is 5.10. The Labute approximate surface area is 112 Å². The number of nitrogens with one attached hydrogen (secondary N) is 1. The molecule has 0 amide bonds. The molecule has 0 aromatic carbocycles. The van der Waals surface area contributed by atoms with Gasteiger partial charge in [-0.25, -0.2) is 4.98 Å². The van der Waals surface area contributed by atoms with Crippen molar-refractivity contribution in [3.05, 3.63) is 45.3 Å². The molecule has 0 aliphatic rings. The van der Waals surface area contributed by atoms with Gasteiger partial charge in [0.25, 0.3) is 0 Å². The summed E-state index contributed by atoms with van der Waals surface area (Å²) in [7, 11) is 1.64. The number of hydrogen-bond donors (Lipinski definition) is 1. The van der Waals surface area contributed by atoms with Crippen molar-refractivity contribution in [2.75, 3.05) is 7.11 Å². The third-order valence-corrected chi connectivity index (χ3v) is 3.80. The first-order valence-corrected chi connectivity index (χ1v) is 6.76. The smallest absolute Gasteiger partial charge is 0.213 e. The fourth-order valence-electron chi connectivity index (χ4n) is 1.87. The molecular formula is C14H18N2OS. The topological polar surface area (TPSA) is 34.1 Å². The zero-order chi connectivity index (χ0) is 13.0. The van der Waals surface area contributed by atoms with Crippen LogP contribution in [0.1, 0.15) is 20.9 Å². The van der Waals surface area contributed by atoms with E-state index in [1.807, 2.05) is 23.5 Å². The van der Waals surface area contributed by atoms with Crippen LogP contribution in [-0.4, -0.2) is 12.1 Å². The van der Waals surface area contributed by atoms with Crippen LogP contribution in [-0.2, 0) is 13.1 Å². The summed E-state index contributed by atoms with van der Waals surface area (Å²) in [6.07, 6.45) is 1.77. The zero-order valence-electron chi connectivity index (χ0n) is 11.0. The summed E-state index contributed by atoms with van der Waals surface area (Å²) in [6.45, 7) is 6.05. The molecule has 2 heterocycles. The monoisotopic (exact) mass is 262 g/mol. The van der Waals surface area contributed by atoms with Gasteiger partial charge in [0.1, 0.15) is 0 Å². The van der Waals surface area contributed by atoms with Crippen LogP contribution in [0, 0.1) is 13.8 Å². The molecule has 2 rings (SSSR count). The first-order valence-electron chi connectivity index (χ1n) is 5.94. The second kappa shape index (κ2) is 5.98. The molecule has 0 bridgehead atoms. The highest BCUT2D eigenvalue weighted by Crippen LogP contribution is 2.20. The standard InChI is InChI=1S/C14H18N2OS/c1-10-6-13(11(2)18-10)9-15-8-12-4-5-16-14(7-12)17-3/h4-7,15H,8-9H2,1-3H3. The molecule has 18 heavy (non-hydrogen) atoms. The average Bonchev–Trinajstić information content (AvgIpc) is 2.68. The van der Waals surface area contributed by atoms with Gasteiger partial charge in [0, 0.05) is 35.1 Å². The second-order valence-corrected chi connectivity index (χ2v) is 5.71. The Bertz CT molecular complexity index is 522. The fraction of sp³-hybridized carbons (Fsp3) is 0.357. The molecule has 0 saturated heterocycles. The number of pyridine rings is 1. The van der Waals surface area contributed by atoms with E-state index in [0.717, 1.165) is 13.1 Å². The van der Waals surface area contributed by atoms with Gasteiger partial charge in [-0.05, 0) is 37.1 Å². The minimum absolute atomic E-state index is 0.664. The summed E-state index contributed by atoms with van der Waals surface area (Å²) in [5.74, 6) is 0.664. The lowest BCUT2D eigenvalue weighted by Crippen LogP contribution is -2.12. The molecule has 96 valence electrons. The average molecular weight is 262 g/mol. The van der Waals surface area contributed by atoms with Crippen molar-refractivity contribution in [1.29, 1.82) is 0 Å². The predicted molar refractivity (Wildman–Crippen MR) is 75.1 cm³/mol. The van der Waals surface area contributed by atoms with Crippen molar-refractivity contribution in [1.82, 2.24) is 10.3 Å². The molecule has 0 saturated carbocycles. The quantitative estimate of drug-likeness (QED) is 0.899. The maximum atomic E-state index is 5.10. The number of methoxy groups -OCH3 is 1. The minimum atomic E-state index is 0.664. The molecule has 0 atom stereocenters. The first-order chi connectivity index (χ1) is 8.69. The van der Waals surface area contributed by atoms with Crippen molar-refractivity contribution in [3.63, 3.8) is 0 Å². The number of hydrogen-bond acceptors (Lipinski definition) is 4. The molecule has 0 unspecified atom stereocenters. The SMILES string of the molecule is COc1cc(CNCc2cc(C)sc2C)ccn1. The van der Waals surface area contributed by atoms with E-state index in [2.05, 4.69) is 30.2 Å². The molecule has 1 N–H and O–H groups in total. The summed E-state index contributed by atoms with van der Waals surface area (Å²) in [4.78, 5) is 6.86. The molecule has 0 radical (unpaired) electrons. The van der Waals surface area contributed by atoms with Gasteiger partial charge in [0.2, 0.25) is 5.88 Å². The Morgan fingerprint density at radius 1 is 1.28 bits per heavy atom. The molecular weight excluding hydrogens is 244 g/mol. The Morgan fingerprint density at radius 2 is 2.11 bits per heavy atom. The van der Waals surface area contributed by atoms with Gasteiger partial charge >= 0.3 is 0 Å². The van der Waals surface area contributed by atoms with Crippen LogP contribution in [0.15, 0.2) is 24.4 Å². The molecule has 2 aromatic rings. The molecule has 0 aliphatic heterocycles. The van der Waals surface area contributed by atoms with Crippen LogP contribution in [0.3, 0.4) is 0 Å². The van der Waals surface area contributed by atoms with E-state index in [9.17, 15) is 0 Å². The summed E-state index contributed by atoms with van der Waals surface area (Å²) in [5, 5.41) is 3.45. The van der Waals surface area contributed by atoms with Crippen LogP contribution in [0.4, 0.5) is 0 Å². The number of thiophene rings is 1. The highest BCUT2D eigenvalue weighted by Gasteiger charge is 2.02. The number of rotatable bonds is 5. The summed E-state index contributed by atoms with van der Waals surface area (Å²) in [6, 6.07) is 6.21. The van der Waals surface area contributed by atoms with E-state index in [0.29, 0.717) is 5.88 Å². The molecule has 0 spiro atoms. The van der Waals surface area contributed by atoms with Crippen LogP contribution in [0.25, 0.3) is 0 Å². The van der Waals surface area contributed by atoms with Crippen LogP contribution >= 0.6 is 11.3 Å². The Kier molecular flexibility index (Phi) is 4.33. The van der Waals surface area contributed by atoms with Crippen molar-refractivity contribution >= 4 is 11.3 Å². The van der Waals surface area contributed by atoms with Gasteiger partial charge in [-0.15, -0.1) is 11.3 Å². The molecule has 2 aromatic heterocycles.